The standard InChI is InChI=1S/C61H43NS/c1-59(2)43-18-8-5-16-38(43)42-32-50-53(33-49(42)59)62(51-22-12-11-21-46(51)60(50,3)4)52-23-13-17-39-40-29-31-48-56(58(40)63-57(39)52)41-28-26-34-24-25-35-27-30-47(55(41)54(34)35)61(48)44-19-9-6-14-36(44)37-15-7-10-20-45(37)61/h5-23,26-33H,24-25H2,1-4H3. The summed E-state index contributed by atoms with van der Waals surface area (Å²) in [6, 6.07) is 63.8. The van der Waals surface area contributed by atoms with E-state index in [9.17, 15) is 0 Å². The highest BCUT2D eigenvalue weighted by Crippen LogP contribution is 2.65. The lowest BCUT2D eigenvalue weighted by atomic mass is 9.61. The molecule has 1 aliphatic heterocycles. The molecule has 1 nitrogen and oxygen atoms in total. The van der Waals surface area contributed by atoms with Gasteiger partial charge in [0, 0.05) is 31.9 Å². The summed E-state index contributed by atoms with van der Waals surface area (Å²) in [5.41, 5.74) is 25.5. The second kappa shape index (κ2) is 11.4. The Morgan fingerprint density at radius 1 is 0.381 bits per heavy atom. The zero-order chi connectivity index (χ0) is 41.7. The van der Waals surface area contributed by atoms with Crippen LogP contribution in [0.4, 0.5) is 17.1 Å². The van der Waals surface area contributed by atoms with E-state index in [0.717, 1.165) is 12.8 Å². The molecule has 15 rings (SSSR count). The third kappa shape index (κ3) is 3.95. The van der Waals surface area contributed by atoms with Gasteiger partial charge in [0.25, 0.3) is 0 Å². The second-order valence-corrected chi connectivity index (χ2v) is 20.8. The largest absolute Gasteiger partial charge is 0.308 e. The van der Waals surface area contributed by atoms with Crippen LogP contribution < -0.4 is 4.90 Å². The number of thiophene rings is 1. The first-order chi connectivity index (χ1) is 30.8. The number of hydrogen-bond donors (Lipinski definition) is 0. The van der Waals surface area contributed by atoms with E-state index in [4.69, 9.17) is 0 Å². The van der Waals surface area contributed by atoms with E-state index in [1.54, 1.807) is 0 Å². The lowest BCUT2D eigenvalue weighted by Crippen LogP contribution is -2.32. The Bertz CT molecular complexity index is 3710. The van der Waals surface area contributed by atoms with Gasteiger partial charge < -0.3 is 4.90 Å². The molecule has 0 saturated carbocycles. The van der Waals surface area contributed by atoms with Crippen molar-refractivity contribution in [2.24, 2.45) is 0 Å². The van der Waals surface area contributed by atoms with E-state index < -0.39 is 5.41 Å². The zero-order valence-electron chi connectivity index (χ0n) is 35.9. The number of rotatable bonds is 1. The van der Waals surface area contributed by atoms with Gasteiger partial charge in [0.2, 0.25) is 0 Å². The van der Waals surface area contributed by atoms with Gasteiger partial charge in [0.1, 0.15) is 0 Å². The van der Waals surface area contributed by atoms with E-state index >= 15 is 0 Å². The van der Waals surface area contributed by atoms with Crippen molar-refractivity contribution in [1.82, 2.24) is 0 Å². The lowest BCUT2D eigenvalue weighted by molar-refractivity contribution is 0.627. The molecule has 1 aromatic heterocycles. The SMILES string of the molecule is CC1(C)c2ccccc2-c2cc3c(cc21)N(c1cccc2c1sc1c4c(ccc12)C1(c2ccccc2-c2ccccc21)c1ccc2c5c(ccc-4c15)CC2)c1ccccc1C3(C)C. The maximum atomic E-state index is 2.63. The van der Waals surface area contributed by atoms with Crippen LogP contribution in [-0.2, 0) is 29.1 Å². The first kappa shape index (κ1) is 34.8. The van der Waals surface area contributed by atoms with Gasteiger partial charge in [-0.15, -0.1) is 11.3 Å². The number of hydrogen-bond acceptors (Lipinski definition) is 2. The fraction of sp³-hybridized carbons (Fsp3) is 0.148. The molecule has 298 valence electrons. The molecule has 0 amide bonds. The fourth-order valence-corrected chi connectivity index (χ4v) is 14.9. The summed E-state index contributed by atoms with van der Waals surface area (Å²) in [7, 11) is 0. The fourth-order valence-electron chi connectivity index (χ4n) is 13.6. The van der Waals surface area contributed by atoms with Gasteiger partial charge in [0.15, 0.2) is 0 Å². The highest BCUT2D eigenvalue weighted by Gasteiger charge is 2.51. The molecule has 4 aliphatic carbocycles. The molecule has 1 spiro atoms. The Morgan fingerprint density at radius 2 is 0.968 bits per heavy atom. The summed E-state index contributed by atoms with van der Waals surface area (Å²) in [5.74, 6) is 0. The molecule has 63 heavy (non-hydrogen) atoms. The van der Waals surface area contributed by atoms with Crippen LogP contribution in [0, 0.1) is 0 Å². The average molecular weight is 822 g/mol. The summed E-state index contributed by atoms with van der Waals surface area (Å²) in [6.45, 7) is 9.67. The Morgan fingerprint density at radius 3 is 1.71 bits per heavy atom. The molecule has 2 heteroatoms. The molecule has 5 aliphatic rings. The van der Waals surface area contributed by atoms with Crippen molar-refractivity contribution in [3.63, 3.8) is 0 Å². The minimum absolute atomic E-state index is 0.109. The molecular formula is C61H43NS. The second-order valence-electron chi connectivity index (χ2n) is 19.8. The lowest BCUT2D eigenvalue weighted by Gasteiger charge is -2.43. The molecule has 0 unspecified atom stereocenters. The molecule has 0 radical (unpaired) electrons. The van der Waals surface area contributed by atoms with Crippen LogP contribution >= 0.6 is 11.3 Å². The molecule has 0 N–H and O–H groups in total. The van der Waals surface area contributed by atoms with Crippen LogP contribution in [0.25, 0.3) is 64.3 Å². The van der Waals surface area contributed by atoms with Crippen LogP contribution in [0.5, 0.6) is 0 Å². The Hall–Kier alpha value is -6.74. The van der Waals surface area contributed by atoms with E-state index in [-0.39, 0.29) is 10.8 Å². The van der Waals surface area contributed by atoms with Crippen molar-refractivity contribution in [3.8, 4) is 33.4 Å². The first-order valence-electron chi connectivity index (χ1n) is 22.7. The van der Waals surface area contributed by atoms with Gasteiger partial charge in [-0.1, -0.05) is 167 Å². The van der Waals surface area contributed by atoms with Gasteiger partial charge in [0.05, 0.1) is 27.2 Å². The third-order valence-electron chi connectivity index (χ3n) is 16.3. The zero-order valence-corrected chi connectivity index (χ0v) is 36.7. The predicted molar refractivity (Wildman–Crippen MR) is 265 cm³/mol. The normalized spacial score (nSPS) is 16.8. The van der Waals surface area contributed by atoms with Gasteiger partial charge in [-0.2, -0.15) is 0 Å². The molecule has 0 fully saturated rings. The minimum atomic E-state index is -0.427. The highest BCUT2D eigenvalue weighted by atomic mass is 32.1. The van der Waals surface area contributed by atoms with Crippen molar-refractivity contribution in [2.45, 2.75) is 56.8 Å². The number of anilines is 3. The first-order valence-corrected chi connectivity index (χ1v) is 23.5. The summed E-state index contributed by atoms with van der Waals surface area (Å²) in [6.07, 6.45) is 2.22. The summed E-state index contributed by atoms with van der Waals surface area (Å²) in [4.78, 5) is 2.63. The molecule has 0 saturated heterocycles. The van der Waals surface area contributed by atoms with E-state index in [1.165, 1.54) is 137 Å². The molecule has 0 bridgehead atoms. The van der Waals surface area contributed by atoms with Crippen molar-refractivity contribution >= 4 is 59.3 Å². The van der Waals surface area contributed by atoms with Gasteiger partial charge in [-0.3, -0.25) is 0 Å². The Kier molecular flexibility index (Phi) is 6.32. The van der Waals surface area contributed by atoms with Gasteiger partial charge in [-0.25, -0.2) is 0 Å². The monoisotopic (exact) mass is 821 g/mol. The molecule has 2 heterocycles. The molecular weight excluding hydrogens is 779 g/mol. The maximum Gasteiger partial charge on any atom is 0.0726 e. The quantitative estimate of drug-likeness (QED) is 0.159. The summed E-state index contributed by atoms with van der Waals surface area (Å²) < 4.78 is 2.72. The number of aryl methyl sites for hydroxylation is 2. The molecule has 10 aromatic rings. The number of nitrogens with zero attached hydrogens (tertiary/aromatic N) is 1. The van der Waals surface area contributed by atoms with Crippen LogP contribution in [-0.4, -0.2) is 0 Å². The van der Waals surface area contributed by atoms with Crippen LogP contribution in [0.15, 0.2) is 164 Å². The summed E-state index contributed by atoms with van der Waals surface area (Å²) in [5, 5.41) is 5.63. The Balaban J connectivity index is 1.05. The minimum Gasteiger partial charge on any atom is -0.308 e. The highest BCUT2D eigenvalue weighted by molar-refractivity contribution is 7.27. The van der Waals surface area contributed by atoms with Crippen molar-refractivity contribution in [2.75, 3.05) is 4.90 Å². The predicted octanol–water partition coefficient (Wildman–Crippen LogP) is 16.1. The number of para-hydroxylation sites is 1. The van der Waals surface area contributed by atoms with Crippen molar-refractivity contribution < 1.29 is 0 Å². The number of fused-ring (bicyclic) bond motifs is 18. The van der Waals surface area contributed by atoms with Crippen molar-refractivity contribution in [1.29, 1.82) is 0 Å². The molecule has 9 aromatic carbocycles. The van der Waals surface area contributed by atoms with E-state index in [0.29, 0.717) is 0 Å². The van der Waals surface area contributed by atoms with Gasteiger partial charge >= 0.3 is 0 Å². The van der Waals surface area contributed by atoms with Crippen LogP contribution in [0.3, 0.4) is 0 Å². The topological polar surface area (TPSA) is 3.24 Å². The smallest absolute Gasteiger partial charge is 0.0726 e. The summed E-state index contributed by atoms with van der Waals surface area (Å²) >= 11 is 2.01. The van der Waals surface area contributed by atoms with Crippen LogP contribution in [0.1, 0.15) is 83.3 Å². The van der Waals surface area contributed by atoms with Gasteiger partial charge in [-0.05, 0) is 131 Å². The van der Waals surface area contributed by atoms with E-state index in [1.807, 2.05) is 11.3 Å². The third-order valence-corrected chi connectivity index (χ3v) is 17.6. The Labute approximate surface area is 371 Å². The molecule has 0 atom stereocenters. The van der Waals surface area contributed by atoms with Crippen molar-refractivity contribution in [3.05, 3.63) is 219 Å². The maximum absolute atomic E-state index is 2.63. The number of benzene rings is 9. The van der Waals surface area contributed by atoms with E-state index in [2.05, 4.69) is 196 Å². The average Bonchev–Trinajstić information content (AvgIpc) is 4.05. The van der Waals surface area contributed by atoms with Crippen LogP contribution in [0.2, 0.25) is 0 Å².